The van der Waals surface area contributed by atoms with Crippen molar-refractivity contribution in [3.63, 3.8) is 0 Å². The molecule has 0 unspecified atom stereocenters. The van der Waals surface area contributed by atoms with Crippen LogP contribution in [0.4, 0.5) is 11.1 Å². The highest BCUT2D eigenvalue weighted by Crippen LogP contribution is 2.19. The number of aromatic amines is 1. The number of nitrogens with one attached hydrogen (secondary N) is 3. The molecule has 0 saturated heterocycles. The lowest BCUT2D eigenvalue weighted by Crippen LogP contribution is -2.11. The van der Waals surface area contributed by atoms with Crippen molar-refractivity contribution in [2.45, 2.75) is 6.92 Å². The first kappa shape index (κ1) is 14.1. The number of nitrogens with zero attached hydrogens (tertiary/aromatic N) is 4. The number of thiazole rings is 1. The molecular formula is C13H13N7OS. The van der Waals surface area contributed by atoms with E-state index < -0.39 is 0 Å². The molecule has 0 aliphatic carbocycles. The number of hydrogen-bond acceptors (Lipinski definition) is 7. The number of anilines is 2. The van der Waals surface area contributed by atoms with E-state index in [1.807, 2.05) is 19.1 Å². The van der Waals surface area contributed by atoms with Gasteiger partial charge in [0.1, 0.15) is 10.6 Å². The summed E-state index contributed by atoms with van der Waals surface area (Å²) in [4.78, 5) is 25.1. The molecule has 3 heterocycles. The summed E-state index contributed by atoms with van der Waals surface area (Å²) >= 11 is 1.28. The van der Waals surface area contributed by atoms with Crippen LogP contribution in [0.3, 0.4) is 0 Å². The minimum atomic E-state index is -0.298. The average molecular weight is 315 g/mol. The molecule has 9 heteroatoms. The molecule has 0 saturated carbocycles. The van der Waals surface area contributed by atoms with Crippen LogP contribution in [-0.2, 0) is 0 Å². The number of H-pyrrole nitrogens is 1. The number of rotatable bonds is 5. The van der Waals surface area contributed by atoms with Gasteiger partial charge >= 0.3 is 0 Å². The monoisotopic (exact) mass is 315 g/mol. The van der Waals surface area contributed by atoms with Gasteiger partial charge in [0.05, 0.1) is 6.20 Å². The van der Waals surface area contributed by atoms with Gasteiger partial charge in [0.25, 0.3) is 5.91 Å². The molecular weight excluding hydrogens is 302 g/mol. The Labute approximate surface area is 130 Å². The molecule has 0 radical (unpaired) electrons. The Morgan fingerprint density at radius 3 is 3.05 bits per heavy atom. The van der Waals surface area contributed by atoms with E-state index in [9.17, 15) is 4.79 Å². The maximum atomic E-state index is 12.1. The molecule has 112 valence electrons. The highest BCUT2D eigenvalue weighted by atomic mass is 32.1. The lowest BCUT2D eigenvalue weighted by molar-refractivity contribution is 0.102. The molecule has 0 aromatic carbocycles. The first-order valence-corrected chi connectivity index (χ1v) is 7.42. The Kier molecular flexibility index (Phi) is 4.05. The van der Waals surface area contributed by atoms with Gasteiger partial charge in [0.2, 0.25) is 5.95 Å². The van der Waals surface area contributed by atoms with Crippen LogP contribution in [0.25, 0.3) is 11.5 Å². The van der Waals surface area contributed by atoms with Crippen molar-refractivity contribution in [3.05, 3.63) is 35.5 Å². The summed E-state index contributed by atoms with van der Waals surface area (Å²) < 4.78 is 0. The smallest absolute Gasteiger partial charge is 0.269 e. The van der Waals surface area contributed by atoms with Crippen LogP contribution in [-0.4, -0.2) is 37.6 Å². The summed E-state index contributed by atoms with van der Waals surface area (Å²) in [6.45, 7) is 2.72. The molecule has 0 spiro atoms. The van der Waals surface area contributed by atoms with E-state index >= 15 is 0 Å². The molecule has 0 aliphatic heterocycles. The largest absolute Gasteiger partial charge is 0.362 e. The molecule has 3 aromatic heterocycles. The second-order valence-electron chi connectivity index (χ2n) is 4.24. The van der Waals surface area contributed by atoms with Crippen molar-refractivity contribution in [3.8, 4) is 11.5 Å². The van der Waals surface area contributed by atoms with Crippen LogP contribution in [0.15, 0.2) is 30.6 Å². The van der Waals surface area contributed by atoms with Gasteiger partial charge in [-0.2, -0.15) is 4.98 Å². The standard InChI is InChI=1S/C13H13N7OS/c1-2-14-13-16-7-9(22-13)11(21)18-12-17-10(19-20-12)8-5-3-4-6-15-8/h3-7H,2H2,1H3,(H,14,16)(H2,17,18,19,20,21). The summed E-state index contributed by atoms with van der Waals surface area (Å²) in [6, 6.07) is 5.47. The van der Waals surface area contributed by atoms with Crippen molar-refractivity contribution < 1.29 is 4.79 Å². The number of amides is 1. The molecule has 3 N–H and O–H groups in total. The van der Waals surface area contributed by atoms with E-state index in [1.165, 1.54) is 17.5 Å². The Morgan fingerprint density at radius 1 is 1.36 bits per heavy atom. The van der Waals surface area contributed by atoms with Crippen LogP contribution in [0, 0.1) is 0 Å². The summed E-state index contributed by atoms with van der Waals surface area (Å²) in [7, 11) is 0. The van der Waals surface area contributed by atoms with Gasteiger partial charge in [-0.1, -0.05) is 17.4 Å². The molecule has 1 amide bonds. The number of carbonyl (C=O) groups is 1. The zero-order valence-corrected chi connectivity index (χ0v) is 12.5. The zero-order chi connectivity index (χ0) is 15.4. The molecule has 0 bridgehead atoms. The fraction of sp³-hybridized carbons (Fsp3) is 0.154. The summed E-state index contributed by atoms with van der Waals surface area (Å²) in [5, 5.41) is 13.1. The Balaban J connectivity index is 1.70. The molecule has 3 rings (SSSR count). The predicted octanol–water partition coefficient (Wildman–Crippen LogP) is 2.01. The zero-order valence-electron chi connectivity index (χ0n) is 11.7. The first-order valence-electron chi connectivity index (χ1n) is 6.61. The highest BCUT2D eigenvalue weighted by molar-refractivity contribution is 7.17. The minimum Gasteiger partial charge on any atom is -0.362 e. The fourth-order valence-corrected chi connectivity index (χ4v) is 2.49. The molecule has 0 atom stereocenters. The average Bonchev–Trinajstić information content (AvgIpc) is 3.18. The quantitative estimate of drug-likeness (QED) is 0.664. The van der Waals surface area contributed by atoms with E-state index in [4.69, 9.17) is 0 Å². The molecule has 8 nitrogen and oxygen atoms in total. The molecule has 0 fully saturated rings. The molecule has 22 heavy (non-hydrogen) atoms. The van der Waals surface area contributed by atoms with Gasteiger partial charge < -0.3 is 5.32 Å². The normalized spacial score (nSPS) is 10.4. The van der Waals surface area contributed by atoms with Crippen molar-refractivity contribution in [1.82, 2.24) is 25.1 Å². The maximum Gasteiger partial charge on any atom is 0.269 e. The summed E-state index contributed by atoms with van der Waals surface area (Å²) in [6.07, 6.45) is 3.18. The van der Waals surface area contributed by atoms with Crippen molar-refractivity contribution >= 4 is 28.3 Å². The number of carbonyl (C=O) groups excluding carboxylic acids is 1. The lowest BCUT2D eigenvalue weighted by Gasteiger charge is -1.96. The van der Waals surface area contributed by atoms with Crippen LogP contribution in [0.1, 0.15) is 16.6 Å². The van der Waals surface area contributed by atoms with Gasteiger partial charge in [-0.25, -0.2) is 4.98 Å². The highest BCUT2D eigenvalue weighted by Gasteiger charge is 2.14. The van der Waals surface area contributed by atoms with E-state index in [1.54, 1.807) is 12.3 Å². The van der Waals surface area contributed by atoms with E-state index in [0.29, 0.717) is 21.5 Å². The number of aromatic nitrogens is 5. The van der Waals surface area contributed by atoms with Crippen molar-refractivity contribution in [1.29, 1.82) is 0 Å². The molecule has 0 aliphatic rings. The third-order valence-corrected chi connectivity index (χ3v) is 3.63. The Morgan fingerprint density at radius 2 is 2.27 bits per heavy atom. The fourth-order valence-electron chi connectivity index (χ4n) is 1.71. The summed E-state index contributed by atoms with van der Waals surface area (Å²) in [5.74, 6) is 0.394. The topological polar surface area (TPSA) is 108 Å². The van der Waals surface area contributed by atoms with Crippen molar-refractivity contribution in [2.24, 2.45) is 0 Å². The summed E-state index contributed by atoms with van der Waals surface area (Å²) in [5.41, 5.74) is 0.655. The van der Waals surface area contributed by atoms with Gasteiger partial charge in [0.15, 0.2) is 11.0 Å². The maximum absolute atomic E-state index is 12.1. The minimum absolute atomic E-state index is 0.198. The lowest BCUT2D eigenvalue weighted by atomic mass is 10.3. The van der Waals surface area contributed by atoms with Gasteiger partial charge in [-0.15, -0.1) is 5.10 Å². The number of hydrogen-bond donors (Lipinski definition) is 3. The van der Waals surface area contributed by atoms with Gasteiger partial charge in [0, 0.05) is 12.7 Å². The first-order chi connectivity index (χ1) is 10.8. The van der Waals surface area contributed by atoms with E-state index in [0.717, 1.165) is 6.54 Å². The third-order valence-electron chi connectivity index (χ3n) is 2.68. The Hall–Kier alpha value is -2.81. The SMILES string of the molecule is CCNc1ncc(C(=O)Nc2n[nH]c(-c3ccccn3)n2)s1. The van der Waals surface area contributed by atoms with Gasteiger partial charge in [-0.3, -0.25) is 20.2 Å². The Bertz CT molecular complexity index is 768. The van der Waals surface area contributed by atoms with Crippen LogP contribution in [0.2, 0.25) is 0 Å². The van der Waals surface area contributed by atoms with E-state index in [2.05, 4.69) is 35.8 Å². The van der Waals surface area contributed by atoms with Crippen molar-refractivity contribution in [2.75, 3.05) is 17.2 Å². The molecule has 3 aromatic rings. The van der Waals surface area contributed by atoms with E-state index in [-0.39, 0.29) is 11.9 Å². The number of pyridine rings is 1. The van der Waals surface area contributed by atoms with Crippen LogP contribution >= 0.6 is 11.3 Å². The predicted molar refractivity (Wildman–Crippen MR) is 83.8 cm³/mol. The van der Waals surface area contributed by atoms with Crippen LogP contribution in [0.5, 0.6) is 0 Å². The second kappa shape index (κ2) is 6.31. The third kappa shape index (κ3) is 3.09. The van der Waals surface area contributed by atoms with Crippen LogP contribution < -0.4 is 10.6 Å². The van der Waals surface area contributed by atoms with Gasteiger partial charge in [-0.05, 0) is 19.1 Å². The second-order valence-corrected chi connectivity index (χ2v) is 5.27.